The molecule has 0 amide bonds. The summed E-state index contributed by atoms with van der Waals surface area (Å²) in [6.45, 7) is 6.64. The van der Waals surface area contributed by atoms with Gasteiger partial charge in [-0.1, -0.05) is 74.9 Å². The molecule has 0 saturated carbocycles. The normalized spacial score (nSPS) is 14.3. The molecule has 2 aromatic carbocycles. The molecule has 4 heteroatoms. The Balaban J connectivity index is 2.10. The molecular weight excluding hydrogens is 362 g/mol. The second-order valence-corrected chi connectivity index (χ2v) is 7.85. The summed E-state index contributed by atoms with van der Waals surface area (Å²) in [5.74, 6) is -0.0630. The van der Waals surface area contributed by atoms with Gasteiger partial charge in [-0.25, -0.2) is 0 Å². The zero-order valence-electron chi connectivity index (χ0n) is 18.0. The first-order chi connectivity index (χ1) is 13.9. The molecule has 2 rings (SSSR count). The number of aryl methyl sites for hydroxylation is 1. The number of ether oxygens (including phenoxy) is 1. The van der Waals surface area contributed by atoms with E-state index in [4.69, 9.17) is 4.74 Å². The van der Waals surface area contributed by atoms with Crippen LogP contribution in [0.3, 0.4) is 0 Å². The number of carbonyl (C=O) groups excluding carboxylic acids is 1. The molecule has 0 bridgehead atoms. The average Bonchev–Trinajstić information content (AvgIpc) is 2.74. The molecule has 0 aliphatic carbocycles. The standard InChI is InChI=1S/C25H35NO3/c1-4-6-10-20-13-15-21(16-14-20)18-23(24(27)22-11-8-7-9-12-22)29-19-25(3,28)26-17-5-2/h7-9,11-16,23,26,28H,4-6,10,17-19H2,1-3H3. The molecule has 0 saturated heterocycles. The van der Waals surface area contributed by atoms with E-state index in [9.17, 15) is 9.90 Å². The molecular formula is C25H35NO3. The van der Waals surface area contributed by atoms with E-state index in [0.29, 0.717) is 18.5 Å². The summed E-state index contributed by atoms with van der Waals surface area (Å²) >= 11 is 0. The maximum atomic E-state index is 13.1. The molecule has 2 aromatic rings. The number of unbranched alkanes of at least 4 members (excludes halogenated alkanes) is 1. The fraction of sp³-hybridized carbons (Fsp3) is 0.480. The second-order valence-electron chi connectivity index (χ2n) is 7.85. The molecule has 0 radical (unpaired) electrons. The van der Waals surface area contributed by atoms with Crippen molar-refractivity contribution in [1.29, 1.82) is 0 Å². The Morgan fingerprint density at radius 1 is 1.03 bits per heavy atom. The fourth-order valence-electron chi connectivity index (χ4n) is 3.16. The van der Waals surface area contributed by atoms with Gasteiger partial charge in [0.2, 0.25) is 0 Å². The Morgan fingerprint density at radius 2 is 1.69 bits per heavy atom. The quantitative estimate of drug-likeness (QED) is 0.385. The molecule has 0 aliphatic heterocycles. The highest BCUT2D eigenvalue weighted by Crippen LogP contribution is 2.16. The number of hydrogen-bond acceptors (Lipinski definition) is 4. The number of ketones is 1. The SMILES string of the molecule is CCCCc1ccc(CC(OCC(C)(O)NCCC)C(=O)c2ccccc2)cc1. The van der Waals surface area contributed by atoms with E-state index in [1.165, 1.54) is 18.4 Å². The van der Waals surface area contributed by atoms with E-state index < -0.39 is 11.8 Å². The number of rotatable bonds is 13. The van der Waals surface area contributed by atoms with E-state index in [-0.39, 0.29) is 12.4 Å². The van der Waals surface area contributed by atoms with Gasteiger partial charge in [0.1, 0.15) is 11.8 Å². The molecule has 0 fully saturated rings. The molecule has 2 atom stereocenters. The Morgan fingerprint density at radius 3 is 2.31 bits per heavy atom. The van der Waals surface area contributed by atoms with E-state index in [1.54, 1.807) is 19.1 Å². The molecule has 29 heavy (non-hydrogen) atoms. The van der Waals surface area contributed by atoms with Crippen LogP contribution in [0.5, 0.6) is 0 Å². The summed E-state index contributed by atoms with van der Waals surface area (Å²) in [5, 5.41) is 13.5. The first kappa shape index (κ1) is 23.3. The first-order valence-electron chi connectivity index (χ1n) is 10.7. The van der Waals surface area contributed by atoms with Crippen molar-refractivity contribution < 1.29 is 14.6 Å². The molecule has 0 heterocycles. The van der Waals surface area contributed by atoms with Crippen LogP contribution in [0.15, 0.2) is 54.6 Å². The van der Waals surface area contributed by atoms with E-state index >= 15 is 0 Å². The third kappa shape index (κ3) is 8.09. The minimum absolute atomic E-state index is 0.0465. The van der Waals surface area contributed by atoms with Crippen molar-refractivity contribution in [3.05, 3.63) is 71.3 Å². The van der Waals surface area contributed by atoms with Gasteiger partial charge in [0, 0.05) is 12.0 Å². The van der Waals surface area contributed by atoms with Crippen LogP contribution in [0.2, 0.25) is 0 Å². The number of carbonyl (C=O) groups is 1. The third-order valence-corrected chi connectivity index (χ3v) is 4.94. The smallest absolute Gasteiger partial charge is 0.191 e. The Hall–Kier alpha value is -2.01. The molecule has 0 spiro atoms. The largest absolute Gasteiger partial charge is 0.374 e. The predicted molar refractivity (Wildman–Crippen MR) is 118 cm³/mol. The van der Waals surface area contributed by atoms with Crippen molar-refractivity contribution >= 4 is 5.78 Å². The lowest BCUT2D eigenvalue weighted by atomic mass is 9.98. The van der Waals surface area contributed by atoms with Gasteiger partial charge in [-0.15, -0.1) is 0 Å². The molecule has 158 valence electrons. The lowest BCUT2D eigenvalue weighted by Gasteiger charge is -2.27. The summed E-state index contributed by atoms with van der Waals surface area (Å²) in [6, 6.07) is 17.6. The van der Waals surface area contributed by atoms with E-state index in [0.717, 1.165) is 18.4 Å². The van der Waals surface area contributed by atoms with Gasteiger partial charge < -0.3 is 9.84 Å². The van der Waals surface area contributed by atoms with E-state index in [2.05, 4.69) is 36.5 Å². The van der Waals surface area contributed by atoms with Crippen molar-refractivity contribution in [1.82, 2.24) is 5.32 Å². The lowest BCUT2D eigenvalue weighted by molar-refractivity contribution is -0.0724. The highest BCUT2D eigenvalue weighted by atomic mass is 16.5. The Bertz CT molecular complexity index is 725. The number of benzene rings is 2. The van der Waals surface area contributed by atoms with Gasteiger partial charge in [-0.2, -0.15) is 0 Å². The monoisotopic (exact) mass is 397 g/mol. The zero-order chi connectivity index (χ0) is 21.1. The number of aliphatic hydroxyl groups is 1. The molecule has 0 aromatic heterocycles. The van der Waals surface area contributed by atoms with Crippen LogP contribution in [0, 0.1) is 0 Å². The maximum Gasteiger partial charge on any atom is 0.191 e. The second kappa shape index (κ2) is 11.9. The third-order valence-electron chi connectivity index (χ3n) is 4.94. The van der Waals surface area contributed by atoms with Crippen LogP contribution >= 0.6 is 0 Å². The Labute approximate surface area is 175 Å². The lowest BCUT2D eigenvalue weighted by Crippen LogP contribution is -2.48. The molecule has 0 aliphatic rings. The van der Waals surface area contributed by atoms with Gasteiger partial charge in [0.05, 0.1) is 6.61 Å². The van der Waals surface area contributed by atoms with Gasteiger partial charge in [0.15, 0.2) is 5.78 Å². The van der Waals surface area contributed by atoms with Crippen molar-refractivity contribution in [3.63, 3.8) is 0 Å². The highest BCUT2D eigenvalue weighted by Gasteiger charge is 2.26. The van der Waals surface area contributed by atoms with Crippen LogP contribution < -0.4 is 5.32 Å². The maximum absolute atomic E-state index is 13.1. The van der Waals surface area contributed by atoms with Crippen LogP contribution in [0.1, 0.15) is 61.5 Å². The van der Waals surface area contributed by atoms with Crippen LogP contribution in [-0.2, 0) is 17.6 Å². The summed E-state index contributed by atoms with van der Waals surface area (Å²) in [6.07, 6.45) is 4.17. The van der Waals surface area contributed by atoms with Gasteiger partial charge >= 0.3 is 0 Å². The van der Waals surface area contributed by atoms with Crippen molar-refractivity contribution in [2.75, 3.05) is 13.2 Å². The number of Topliss-reactive ketones (excluding diaryl/α,β-unsaturated/α-hetero) is 1. The van der Waals surface area contributed by atoms with Gasteiger partial charge in [-0.3, -0.25) is 10.1 Å². The van der Waals surface area contributed by atoms with E-state index in [1.807, 2.05) is 25.1 Å². The first-order valence-corrected chi connectivity index (χ1v) is 10.7. The van der Waals surface area contributed by atoms with Crippen molar-refractivity contribution in [2.45, 2.75) is 64.7 Å². The number of nitrogens with one attached hydrogen (secondary N) is 1. The average molecular weight is 398 g/mol. The molecule has 2 unspecified atom stereocenters. The zero-order valence-corrected chi connectivity index (χ0v) is 18.0. The fourth-order valence-corrected chi connectivity index (χ4v) is 3.16. The Kier molecular flexibility index (Phi) is 9.52. The van der Waals surface area contributed by atoms with Crippen LogP contribution in [0.25, 0.3) is 0 Å². The summed E-state index contributed by atoms with van der Waals surface area (Å²) in [7, 11) is 0. The highest BCUT2D eigenvalue weighted by molar-refractivity contribution is 5.99. The van der Waals surface area contributed by atoms with Crippen molar-refractivity contribution in [3.8, 4) is 0 Å². The van der Waals surface area contributed by atoms with Gasteiger partial charge in [-0.05, 0) is 43.9 Å². The minimum atomic E-state index is -1.17. The van der Waals surface area contributed by atoms with Crippen LogP contribution in [0.4, 0.5) is 0 Å². The molecule has 2 N–H and O–H groups in total. The summed E-state index contributed by atoms with van der Waals surface area (Å²) < 4.78 is 5.96. The predicted octanol–water partition coefficient (Wildman–Crippen LogP) is 4.55. The van der Waals surface area contributed by atoms with Gasteiger partial charge in [0.25, 0.3) is 0 Å². The topological polar surface area (TPSA) is 58.6 Å². The van der Waals surface area contributed by atoms with Crippen LogP contribution in [-0.4, -0.2) is 35.9 Å². The minimum Gasteiger partial charge on any atom is -0.374 e. The van der Waals surface area contributed by atoms with Crippen molar-refractivity contribution in [2.24, 2.45) is 0 Å². The summed E-state index contributed by atoms with van der Waals surface area (Å²) in [4.78, 5) is 13.1. The molecule has 4 nitrogen and oxygen atoms in total. The number of hydrogen-bond donors (Lipinski definition) is 2. The summed E-state index contributed by atoms with van der Waals surface area (Å²) in [5.41, 5.74) is 1.82.